The summed E-state index contributed by atoms with van der Waals surface area (Å²) in [5, 5.41) is 0. The van der Waals surface area contributed by atoms with Crippen LogP contribution < -0.4 is 0 Å². The molecule has 0 aliphatic rings. The van der Waals surface area contributed by atoms with Gasteiger partial charge >= 0.3 is 0 Å². The van der Waals surface area contributed by atoms with Crippen molar-refractivity contribution in [3.63, 3.8) is 0 Å². The molecule has 0 radical (unpaired) electrons. The molecule has 0 aliphatic carbocycles. The smallest absolute Gasteiger partial charge is 0.114 e. The van der Waals surface area contributed by atoms with Crippen LogP contribution in [0.4, 0.5) is 0 Å². The van der Waals surface area contributed by atoms with Gasteiger partial charge in [-0.3, -0.25) is 0 Å². The molecule has 90 valence electrons. The lowest BCUT2D eigenvalue weighted by molar-refractivity contribution is 0.425. The second kappa shape index (κ2) is 4.96. The van der Waals surface area contributed by atoms with Gasteiger partial charge in [0.2, 0.25) is 0 Å². The first-order valence-corrected chi connectivity index (χ1v) is 6.04. The minimum absolute atomic E-state index is 0.136. The minimum atomic E-state index is 0.136. The molecular formula is C16H14O2. The van der Waals surface area contributed by atoms with Gasteiger partial charge in [-0.05, 0) is 36.2 Å². The van der Waals surface area contributed by atoms with E-state index < -0.39 is 0 Å². The van der Waals surface area contributed by atoms with Crippen molar-refractivity contribution in [2.75, 3.05) is 0 Å². The maximum absolute atomic E-state index is 5.53. The maximum atomic E-state index is 5.53. The topological polar surface area (TPSA) is 26.3 Å². The molecule has 0 saturated carbocycles. The van der Waals surface area contributed by atoms with Gasteiger partial charge in [0.15, 0.2) is 0 Å². The summed E-state index contributed by atoms with van der Waals surface area (Å²) in [7, 11) is 0. The summed E-state index contributed by atoms with van der Waals surface area (Å²) in [6.45, 7) is 0. The summed E-state index contributed by atoms with van der Waals surface area (Å²) in [4.78, 5) is 0. The second-order valence-corrected chi connectivity index (χ2v) is 4.27. The first-order chi connectivity index (χ1) is 8.93. The van der Waals surface area contributed by atoms with E-state index in [0.29, 0.717) is 0 Å². The minimum Gasteiger partial charge on any atom is -0.469 e. The van der Waals surface area contributed by atoms with Crippen LogP contribution >= 0.6 is 0 Å². The zero-order valence-corrected chi connectivity index (χ0v) is 9.95. The highest BCUT2D eigenvalue weighted by Gasteiger charge is 2.19. The van der Waals surface area contributed by atoms with Crippen molar-refractivity contribution in [3.05, 3.63) is 84.2 Å². The van der Waals surface area contributed by atoms with E-state index in [4.69, 9.17) is 8.83 Å². The number of hydrogen-bond acceptors (Lipinski definition) is 2. The fourth-order valence-corrected chi connectivity index (χ4v) is 2.17. The molecule has 0 saturated heterocycles. The lowest BCUT2D eigenvalue weighted by Crippen LogP contribution is -2.02. The monoisotopic (exact) mass is 238 g/mol. The Morgan fingerprint density at radius 3 is 1.83 bits per heavy atom. The van der Waals surface area contributed by atoms with Gasteiger partial charge in [-0.2, -0.15) is 0 Å². The van der Waals surface area contributed by atoms with Crippen LogP contribution in [0, 0.1) is 0 Å². The van der Waals surface area contributed by atoms with E-state index in [1.165, 1.54) is 5.56 Å². The van der Waals surface area contributed by atoms with Crippen LogP contribution in [0.3, 0.4) is 0 Å². The Balaban J connectivity index is 1.92. The fourth-order valence-electron chi connectivity index (χ4n) is 2.17. The highest BCUT2D eigenvalue weighted by molar-refractivity contribution is 5.25. The standard InChI is InChI=1S/C16H14O2/c1-2-6-13(7-3-1)12-14(15-8-4-10-17-15)16-9-5-11-18-16/h1-11,14H,12H2. The van der Waals surface area contributed by atoms with Crippen LogP contribution in [0.15, 0.2) is 76.0 Å². The third-order valence-electron chi connectivity index (χ3n) is 3.06. The third-order valence-corrected chi connectivity index (χ3v) is 3.06. The van der Waals surface area contributed by atoms with E-state index in [-0.39, 0.29) is 5.92 Å². The van der Waals surface area contributed by atoms with Gasteiger partial charge in [-0.15, -0.1) is 0 Å². The average Bonchev–Trinajstić information content (AvgIpc) is 3.11. The number of rotatable bonds is 4. The Kier molecular flexibility index (Phi) is 3.01. The first-order valence-electron chi connectivity index (χ1n) is 6.04. The summed E-state index contributed by atoms with van der Waals surface area (Å²) in [5.74, 6) is 2.01. The van der Waals surface area contributed by atoms with Crippen molar-refractivity contribution in [2.45, 2.75) is 12.3 Å². The molecule has 2 nitrogen and oxygen atoms in total. The molecule has 0 aliphatic heterocycles. The van der Waals surface area contributed by atoms with Crippen LogP contribution in [-0.2, 0) is 6.42 Å². The third kappa shape index (κ3) is 2.23. The van der Waals surface area contributed by atoms with E-state index >= 15 is 0 Å². The molecule has 0 unspecified atom stereocenters. The van der Waals surface area contributed by atoms with Crippen molar-refractivity contribution in [1.29, 1.82) is 0 Å². The average molecular weight is 238 g/mol. The lowest BCUT2D eigenvalue weighted by Gasteiger charge is -2.12. The summed E-state index contributed by atoms with van der Waals surface area (Å²) in [5.41, 5.74) is 1.27. The fraction of sp³-hybridized carbons (Fsp3) is 0.125. The van der Waals surface area contributed by atoms with Crippen molar-refractivity contribution >= 4 is 0 Å². The molecule has 1 aromatic carbocycles. The maximum Gasteiger partial charge on any atom is 0.114 e. The van der Waals surface area contributed by atoms with Crippen molar-refractivity contribution in [3.8, 4) is 0 Å². The van der Waals surface area contributed by atoms with Gasteiger partial charge < -0.3 is 8.83 Å². The molecular weight excluding hydrogens is 224 g/mol. The molecule has 2 heteroatoms. The van der Waals surface area contributed by atoms with E-state index in [0.717, 1.165) is 17.9 Å². The van der Waals surface area contributed by atoms with Crippen LogP contribution in [-0.4, -0.2) is 0 Å². The van der Waals surface area contributed by atoms with Crippen LogP contribution in [0.25, 0.3) is 0 Å². The van der Waals surface area contributed by atoms with Gasteiger partial charge in [0, 0.05) is 0 Å². The zero-order valence-electron chi connectivity index (χ0n) is 9.95. The highest BCUT2D eigenvalue weighted by atomic mass is 16.3. The predicted molar refractivity (Wildman–Crippen MR) is 69.4 cm³/mol. The summed E-state index contributed by atoms with van der Waals surface area (Å²) < 4.78 is 11.1. The Bertz CT molecular complexity index is 531. The number of benzene rings is 1. The van der Waals surface area contributed by atoms with Gasteiger partial charge in [0.1, 0.15) is 11.5 Å². The van der Waals surface area contributed by atoms with E-state index in [1.54, 1.807) is 12.5 Å². The summed E-state index contributed by atoms with van der Waals surface area (Å²) in [6, 6.07) is 18.2. The molecule has 0 bridgehead atoms. The van der Waals surface area contributed by atoms with Crippen molar-refractivity contribution in [2.24, 2.45) is 0 Å². The molecule has 0 N–H and O–H groups in total. The number of furan rings is 2. The second-order valence-electron chi connectivity index (χ2n) is 4.27. The Morgan fingerprint density at radius 2 is 1.33 bits per heavy atom. The van der Waals surface area contributed by atoms with Crippen LogP contribution in [0.1, 0.15) is 23.0 Å². The van der Waals surface area contributed by atoms with Crippen molar-refractivity contribution in [1.82, 2.24) is 0 Å². The largest absolute Gasteiger partial charge is 0.469 e. The van der Waals surface area contributed by atoms with E-state index in [1.807, 2.05) is 30.3 Å². The van der Waals surface area contributed by atoms with E-state index in [9.17, 15) is 0 Å². The SMILES string of the molecule is c1ccc(CC(c2ccco2)c2ccco2)cc1. The first kappa shape index (κ1) is 10.9. The lowest BCUT2D eigenvalue weighted by atomic mass is 9.95. The molecule has 0 fully saturated rings. The van der Waals surface area contributed by atoms with E-state index in [2.05, 4.69) is 24.3 Å². The Hall–Kier alpha value is -2.22. The van der Waals surface area contributed by atoms with Gasteiger partial charge in [-0.25, -0.2) is 0 Å². The highest BCUT2D eigenvalue weighted by Crippen LogP contribution is 2.29. The molecule has 0 spiro atoms. The molecule has 3 aromatic rings. The summed E-state index contributed by atoms with van der Waals surface area (Å²) in [6.07, 6.45) is 4.29. The normalized spacial score (nSPS) is 10.9. The Labute approximate surface area is 106 Å². The van der Waals surface area contributed by atoms with Gasteiger partial charge in [0.05, 0.1) is 18.4 Å². The molecule has 18 heavy (non-hydrogen) atoms. The molecule has 0 amide bonds. The summed E-state index contributed by atoms with van der Waals surface area (Å²) >= 11 is 0. The van der Waals surface area contributed by atoms with Gasteiger partial charge in [0.25, 0.3) is 0 Å². The van der Waals surface area contributed by atoms with Crippen molar-refractivity contribution < 1.29 is 8.83 Å². The Morgan fingerprint density at radius 1 is 0.722 bits per heavy atom. The van der Waals surface area contributed by atoms with Crippen LogP contribution in [0.2, 0.25) is 0 Å². The van der Waals surface area contributed by atoms with Gasteiger partial charge in [-0.1, -0.05) is 30.3 Å². The molecule has 0 atom stereocenters. The molecule has 3 rings (SSSR count). The number of hydrogen-bond donors (Lipinski definition) is 0. The quantitative estimate of drug-likeness (QED) is 0.679. The van der Waals surface area contributed by atoms with Crippen LogP contribution in [0.5, 0.6) is 0 Å². The zero-order chi connectivity index (χ0) is 12.2. The molecule has 2 heterocycles. The predicted octanol–water partition coefficient (Wildman–Crippen LogP) is 4.25. The molecule has 2 aromatic heterocycles.